The average molecular weight is 444 g/mol. The molecular formula is C20H27Cl2N3O4. The molecule has 1 aliphatic heterocycles. The molecule has 29 heavy (non-hydrogen) atoms. The molecule has 0 radical (unpaired) electrons. The minimum atomic E-state index is -1.43. The Hall–Kier alpha value is -1.83. The fourth-order valence-electron chi connectivity index (χ4n) is 3.31. The number of rotatable bonds is 6. The normalized spacial score (nSPS) is 18.1. The largest absolute Gasteiger partial charge is 0.388 e. The standard InChI is InChI=1S/C20H27Cl2N3O4/c1-12(26)24-17(20(2,3)29)19(28)25-8-4-5-14(11-25)18(27)23-10-13-6-7-15(21)9-16(13)22/h6-7,9,14,17,29H,4-5,8,10-11H2,1-3H3,(H,23,27)(H,24,26)/t14-,17+/m1/s1. The van der Waals surface area contributed by atoms with Crippen LogP contribution in [-0.4, -0.2) is 52.5 Å². The molecule has 9 heteroatoms. The van der Waals surface area contributed by atoms with Crippen molar-refractivity contribution in [2.45, 2.75) is 51.8 Å². The lowest BCUT2D eigenvalue weighted by Gasteiger charge is -2.37. The van der Waals surface area contributed by atoms with Crippen LogP contribution in [0, 0.1) is 5.92 Å². The number of nitrogens with zero attached hydrogens (tertiary/aromatic N) is 1. The summed E-state index contributed by atoms with van der Waals surface area (Å²) in [5, 5.41) is 16.7. The molecule has 1 aromatic rings. The second-order valence-electron chi connectivity index (χ2n) is 7.86. The van der Waals surface area contributed by atoms with E-state index in [2.05, 4.69) is 10.6 Å². The van der Waals surface area contributed by atoms with Gasteiger partial charge in [0.2, 0.25) is 17.7 Å². The van der Waals surface area contributed by atoms with Crippen LogP contribution in [0.5, 0.6) is 0 Å². The first-order valence-corrected chi connectivity index (χ1v) is 10.2. The molecule has 1 fully saturated rings. The van der Waals surface area contributed by atoms with Crippen molar-refractivity contribution in [2.24, 2.45) is 5.92 Å². The first kappa shape index (κ1) is 23.4. The van der Waals surface area contributed by atoms with Gasteiger partial charge in [-0.15, -0.1) is 0 Å². The number of halogens is 2. The minimum Gasteiger partial charge on any atom is -0.388 e. The number of hydrogen-bond donors (Lipinski definition) is 3. The minimum absolute atomic E-state index is 0.173. The van der Waals surface area contributed by atoms with E-state index in [1.165, 1.54) is 25.7 Å². The summed E-state index contributed by atoms with van der Waals surface area (Å²) < 4.78 is 0. The molecule has 1 heterocycles. The Morgan fingerprint density at radius 1 is 1.31 bits per heavy atom. The summed E-state index contributed by atoms with van der Waals surface area (Å²) in [6, 6.07) is 4.00. The van der Waals surface area contributed by atoms with Crippen LogP contribution in [-0.2, 0) is 20.9 Å². The highest BCUT2D eigenvalue weighted by Gasteiger charge is 2.39. The second-order valence-corrected chi connectivity index (χ2v) is 8.71. The van der Waals surface area contributed by atoms with Gasteiger partial charge in [-0.05, 0) is 44.4 Å². The zero-order chi connectivity index (χ0) is 21.8. The Bertz CT molecular complexity index is 779. The van der Waals surface area contributed by atoms with Crippen molar-refractivity contribution < 1.29 is 19.5 Å². The highest BCUT2D eigenvalue weighted by atomic mass is 35.5. The number of aliphatic hydroxyl groups is 1. The third kappa shape index (κ3) is 6.59. The summed E-state index contributed by atoms with van der Waals surface area (Å²) in [5.41, 5.74) is -0.676. The summed E-state index contributed by atoms with van der Waals surface area (Å²) in [5.74, 6) is -1.35. The van der Waals surface area contributed by atoms with Crippen molar-refractivity contribution in [3.05, 3.63) is 33.8 Å². The summed E-state index contributed by atoms with van der Waals surface area (Å²) in [4.78, 5) is 38.5. The lowest BCUT2D eigenvalue weighted by molar-refractivity contribution is -0.145. The number of piperidine rings is 1. The third-order valence-electron chi connectivity index (χ3n) is 4.87. The van der Waals surface area contributed by atoms with Crippen molar-refractivity contribution >= 4 is 40.9 Å². The van der Waals surface area contributed by atoms with E-state index in [0.29, 0.717) is 29.4 Å². The van der Waals surface area contributed by atoms with E-state index in [4.69, 9.17) is 23.2 Å². The maximum Gasteiger partial charge on any atom is 0.248 e. The van der Waals surface area contributed by atoms with E-state index in [9.17, 15) is 19.5 Å². The number of nitrogens with one attached hydrogen (secondary N) is 2. The highest BCUT2D eigenvalue weighted by Crippen LogP contribution is 2.22. The van der Waals surface area contributed by atoms with E-state index in [0.717, 1.165) is 5.56 Å². The molecule has 0 saturated carbocycles. The zero-order valence-corrected chi connectivity index (χ0v) is 18.3. The molecular weight excluding hydrogens is 417 g/mol. The first-order valence-electron chi connectivity index (χ1n) is 9.49. The van der Waals surface area contributed by atoms with Gasteiger partial charge in [-0.3, -0.25) is 14.4 Å². The quantitative estimate of drug-likeness (QED) is 0.626. The van der Waals surface area contributed by atoms with E-state index in [1.807, 2.05) is 0 Å². The van der Waals surface area contributed by atoms with Crippen molar-refractivity contribution in [3.8, 4) is 0 Å². The average Bonchev–Trinajstić information content (AvgIpc) is 2.63. The van der Waals surface area contributed by atoms with Gasteiger partial charge in [0.05, 0.1) is 11.5 Å². The molecule has 1 aliphatic rings. The van der Waals surface area contributed by atoms with Crippen molar-refractivity contribution in [2.75, 3.05) is 13.1 Å². The van der Waals surface area contributed by atoms with Crippen LogP contribution in [0.2, 0.25) is 10.0 Å². The van der Waals surface area contributed by atoms with Crippen molar-refractivity contribution in [1.29, 1.82) is 0 Å². The molecule has 0 aliphatic carbocycles. The third-order valence-corrected chi connectivity index (χ3v) is 5.46. The number of amides is 3. The van der Waals surface area contributed by atoms with Gasteiger partial charge in [0.1, 0.15) is 6.04 Å². The van der Waals surface area contributed by atoms with Crippen molar-refractivity contribution in [1.82, 2.24) is 15.5 Å². The second kappa shape index (κ2) is 9.78. The SMILES string of the molecule is CC(=O)N[C@@H](C(=O)N1CCC[C@@H](C(=O)NCc2ccc(Cl)cc2Cl)C1)C(C)(C)O. The molecule has 3 N–H and O–H groups in total. The van der Waals surface area contributed by atoms with Crippen LogP contribution in [0.1, 0.15) is 39.2 Å². The van der Waals surface area contributed by atoms with Crippen LogP contribution < -0.4 is 10.6 Å². The fraction of sp³-hybridized carbons (Fsp3) is 0.550. The molecule has 1 aromatic carbocycles. The smallest absolute Gasteiger partial charge is 0.248 e. The van der Waals surface area contributed by atoms with Crippen LogP contribution in [0.3, 0.4) is 0 Å². The molecule has 0 bridgehead atoms. The Kier molecular flexibility index (Phi) is 7.91. The number of hydrogen-bond acceptors (Lipinski definition) is 4. The van der Waals surface area contributed by atoms with Gasteiger partial charge in [0, 0.05) is 36.6 Å². The number of carbonyl (C=O) groups is 3. The van der Waals surface area contributed by atoms with E-state index < -0.39 is 23.5 Å². The molecule has 0 aromatic heterocycles. The summed E-state index contributed by atoms with van der Waals surface area (Å²) >= 11 is 12.0. The van der Waals surface area contributed by atoms with Gasteiger partial charge in [-0.25, -0.2) is 0 Å². The van der Waals surface area contributed by atoms with Gasteiger partial charge in [0.15, 0.2) is 0 Å². The van der Waals surface area contributed by atoms with Gasteiger partial charge < -0.3 is 20.6 Å². The Morgan fingerprint density at radius 2 is 2.00 bits per heavy atom. The van der Waals surface area contributed by atoms with Gasteiger partial charge in [-0.1, -0.05) is 29.3 Å². The highest BCUT2D eigenvalue weighted by molar-refractivity contribution is 6.35. The Morgan fingerprint density at radius 3 is 2.59 bits per heavy atom. The lowest BCUT2D eigenvalue weighted by Crippen LogP contribution is -2.60. The molecule has 2 rings (SSSR count). The summed E-state index contributed by atoms with van der Waals surface area (Å²) in [6.45, 7) is 5.19. The monoisotopic (exact) mass is 443 g/mol. The topological polar surface area (TPSA) is 98.7 Å². The predicted molar refractivity (Wildman–Crippen MR) is 112 cm³/mol. The molecule has 160 valence electrons. The molecule has 0 spiro atoms. The maximum atomic E-state index is 12.9. The molecule has 7 nitrogen and oxygen atoms in total. The lowest BCUT2D eigenvalue weighted by atomic mass is 9.93. The maximum absolute atomic E-state index is 12.9. The first-order chi connectivity index (χ1) is 13.5. The zero-order valence-electron chi connectivity index (χ0n) is 16.8. The van der Waals surface area contributed by atoms with Crippen LogP contribution >= 0.6 is 23.2 Å². The Labute approximate surface area is 180 Å². The van der Waals surface area contributed by atoms with E-state index in [-0.39, 0.29) is 24.9 Å². The van der Waals surface area contributed by atoms with E-state index in [1.54, 1.807) is 18.2 Å². The van der Waals surface area contributed by atoms with Gasteiger partial charge in [0.25, 0.3) is 0 Å². The van der Waals surface area contributed by atoms with Gasteiger partial charge >= 0.3 is 0 Å². The van der Waals surface area contributed by atoms with Crippen LogP contribution in [0.4, 0.5) is 0 Å². The molecule has 2 atom stereocenters. The fourth-order valence-corrected chi connectivity index (χ4v) is 3.78. The predicted octanol–water partition coefficient (Wildman–Crippen LogP) is 2.12. The summed E-state index contributed by atoms with van der Waals surface area (Å²) in [7, 11) is 0. The molecule has 1 saturated heterocycles. The van der Waals surface area contributed by atoms with E-state index >= 15 is 0 Å². The molecule has 3 amide bonds. The van der Waals surface area contributed by atoms with Gasteiger partial charge in [-0.2, -0.15) is 0 Å². The number of benzene rings is 1. The number of carbonyl (C=O) groups excluding carboxylic acids is 3. The van der Waals surface area contributed by atoms with Crippen LogP contribution in [0.15, 0.2) is 18.2 Å². The Balaban J connectivity index is 2.00. The van der Waals surface area contributed by atoms with Crippen molar-refractivity contribution in [3.63, 3.8) is 0 Å². The molecule has 0 unspecified atom stereocenters. The number of likely N-dealkylation sites (tertiary alicyclic amines) is 1. The van der Waals surface area contributed by atoms with Crippen LogP contribution in [0.25, 0.3) is 0 Å². The summed E-state index contributed by atoms with van der Waals surface area (Å²) in [6.07, 6.45) is 1.31.